The Kier molecular flexibility index (Phi) is 5.59. The summed E-state index contributed by atoms with van der Waals surface area (Å²) in [6.07, 6.45) is 2.24. The van der Waals surface area contributed by atoms with Crippen LogP contribution in [0.3, 0.4) is 0 Å². The fraction of sp³-hybridized carbons (Fsp3) is 0.571. The van der Waals surface area contributed by atoms with Crippen molar-refractivity contribution in [3.63, 3.8) is 0 Å². The number of rotatable bonds is 6. The Hall–Kier alpha value is -1.83. The zero-order valence-electron chi connectivity index (χ0n) is 12.5. The van der Waals surface area contributed by atoms with Crippen LogP contribution in [-0.4, -0.2) is 44.1 Å². The summed E-state index contributed by atoms with van der Waals surface area (Å²) in [4.78, 5) is 15.9. The Morgan fingerprint density at radius 1 is 1.45 bits per heavy atom. The molecule has 0 aliphatic carbocycles. The van der Waals surface area contributed by atoms with E-state index >= 15 is 0 Å². The molecule has 1 saturated heterocycles. The SMILES string of the molecule is CCOc1ncccc1CNC(=O)NCC1CCS(=O)(=O)C1. The van der Waals surface area contributed by atoms with Crippen molar-refractivity contribution < 1.29 is 17.9 Å². The number of carbonyl (C=O) groups is 1. The molecule has 1 aromatic rings. The first-order chi connectivity index (χ1) is 10.5. The first-order valence-corrected chi connectivity index (χ1v) is 9.11. The molecule has 122 valence electrons. The molecule has 1 aromatic heterocycles. The van der Waals surface area contributed by atoms with Crippen molar-refractivity contribution in [2.75, 3.05) is 24.7 Å². The number of urea groups is 1. The molecule has 0 aromatic carbocycles. The Bertz CT molecular complexity index is 618. The Labute approximate surface area is 130 Å². The third-order valence-corrected chi connectivity index (χ3v) is 5.29. The molecule has 0 bridgehead atoms. The fourth-order valence-electron chi connectivity index (χ4n) is 2.33. The first-order valence-electron chi connectivity index (χ1n) is 7.29. The van der Waals surface area contributed by atoms with E-state index < -0.39 is 9.84 Å². The number of hydrogen-bond acceptors (Lipinski definition) is 5. The van der Waals surface area contributed by atoms with E-state index in [0.29, 0.717) is 32.0 Å². The molecular formula is C14H21N3O4S. The van der Waals surface area contributed by atoms with Crippen molar-refractivity contribution in [2.45, 2.75) is 19.9 Å². The number of nitrogens with zero attached hydrogens (tertiary/aromatic N) is 1. The summed E-state index contributed by atoms with van der Waals surface area (Å²) in [5.41, 5.74) is 0.794. The number of aromatic nitrogens is 1. The normalized spacial score (nSPS) is 19.6. The Morgan fingerprint density at radius 2 is 2.27 bits per heavy atom. The van der Waals surface area contributed by atoms with Gasteiger partial charge in [0.1, 0.15) is 0 Å². The molecule has 2 rings (SSSR count). The molecule has 0 spiro atoms. The molecule has 0 radical (unpaired) electrons. The van der Waals surface area contributed by atoms with Crippen molar-refractivity contribution in [3.8, 4) is 5.88 Å². The van der Waals surface area contributed by atoms with E-state index in [1.165, 1.54) is 0 Å². The standard InChI is InChI=1S/C14H21N3O4S/c1-2-21-13-12(4-3-6-15-13)9-17-14(18)16-8-11-5-7-22(19,20)10-11/h3-4,6,11H,2,5,7-10H2,1H3,(H2,16,17,18). The molecule has 1 fully saturated rings. The van der Waals surface area contributed by atoms with Gasteiger partial charge in [-0.2, -0.15) is 0 Å². The van der Waals surface area contributed by atoms with Crippen LogP contribution in [0.4, 0.5) is 4.79 Å². The molecule has 1 aliphatic heterocycles. The van der Waals surface area contributed by atoms with Crippen LogP contribution >= 0.6 is 0 Å². The van der Waals surface area contributed by atoms with Gasteiger partial charge in [-0.3, -0.25) is 0 Å². The number of ether oxygens (including phenoxy) is 1. The van der Waals surface area contributed by atoms with Crippen LogP contribution in [0.1, 0.15) is 18.9 Å². The molecule has 2 N–H and O–H groups in total. The summed E-state index contributed by atoms with van der Waals surface area (Å²) < 4.78 is 28.1. The average Bonchev–Trinajstić information content (AvgIpc) is 2.84. The van der Waals surface area contributed by atoms with Crippen molar-refractivity contribution in [1.29, 1.82) is 0 Å². The average molecular weight is 327 g/mol. The van der Waals surface area contributed by atoms with Gasteiger partial charge >= 0.3 is 6.03 Å². The van der Waals surface area contributed by atoms with Gasteiger partial charge in [0.2, 0.25) is 5.88 Å². The molecule has 1 aliphatic rings. The molecule has 2 heterocycles. The smallest absolute Gasteiger partial charge is 0.315 e. The number of amides is 2. The summed E-state index contributed by atoms with van der Waals surface area (Å²) in [5.74, 6) is 0.888. The number of nitrogens with one attached hydrogen (secondary N) is 2. The van der Waals surface area contributed by atoms with Gasteiger partial charge in [0.25, 0.3) is 0 Å². The predicted octanol–water partition coefficient (Wildman–Crippen LogP) is 0.714. The van der Waals surface area contributed by atoms with Crippen LogP contribution in [0.25, 0.3) is 0 Å². The highest BCUT2D eigenvalue weighted by atomic mass is 32.2. The lowest BCUT2D eigenvalue weighted by Gasteiger charge is -2.12. The third-order valence-electron chi connectivity index (χ3n) is 3.45. The summed E-state index contributed by atoms with van der Waals surface area (Å²) in [7, 11) is -2.91. The quantitative estimate of drug-likeness (QED) is 0.802. The highest BCUT2D eigenvalue weighted by Gasteiger charge is 2.27. The topological polar surface area (TPSA) is 97.4 Å². The minimum absolute atomic E-state index is 0.00753. The van der Waals surface area contributed by atoms with Gasteiger partial charge in [0, 0.05) is 24.8 Å². The minimum Gasteiger partial charge on any atom is -0.478 e. The van der Waals surface area contributed by atoms with Gasteiger partial charge in [-0.25, -0.2) is 18.2 Å². The van der Waals surface area contributed by atoms with E-state index in [1.807, 2.05) is 13.0 Å². The van der Waals surface area contributed by atoms with E-state index in [0.717, 1.165) is 5.56 Å². The van der Waals surface area contributed by atoms with Crippen LogP contribution in [-0.2, 0) is 16.4 Å². The summed E-state index contributed by atoms with van der Waals surface area (Å²) >= 11 is 0. The van der Waals surface area contributed by atoms with Crippen LogP contribution in [0.2, 0.25) is 0 Å². The Balaban J connectivity index is 1.76. The van der Waals surface area contributed by atoms with Gasteiger partial charge in [-0.1, -0.05) is 6.07 Å². The molecule has 1 unspecified atom stereocenters. The number of pyridine rings is 1. The summed E-state index contributed by atoms with van der Waals surface area (Å²) in [5, 5.41) is 5.43. The highest BCUT2D eigenvalue weighted by molar-refractivity contribution is 7.91. The highest BCUT2D eigenvalue weighted by Crippen LogP contribution is 2.17. The molecule has 22 heavy (non-hydrogen) atoms. The van der Waals surface area contributed by atoms with Gasteiger partial charge < -0.3 is 15.4 Å². The second-order valence-electron chi connectivity index (χ2n) is 5.23. The van der Waals surface area contributed by atoms with Gasteiger partial charge in [-0.05, 0) is 25.3 Å². The van der Waals surface area contributed by atoms with Crippen molar-refractivity contribution in [2.24, 2.45) is 5.92 Å². The van der Waals surface area contributed by atoms with E-state index in [2.05, 4.69) is 15.6 Å². The lowest BCUT2D eigenvalue weighted by molar-refractivity contribution is 0.238. The van der Waals surface area contributed by atoms with Crippen LogP contribution in [0.15, 0.2) is 18.3 Å². The fourth-order valence-corrected chi connectivity index (χ4v) is 4.20. The van der Waals surface area contributed by atoms with Gasteiger partial charge in [-0.15, -0.1) is 0 Å². The molecule has 0 saturated carbocycles. The molecule has 7 nitrogen and oxygen atoms in total. The van der Waals surface area contributed by atoms with E-state index in [-0.39, 0.29) is 23.5 Å². The first kappa shape index (κ1) is 16.5. The third kappa shape index (κ3) is 4.87. The van der Waals surface area contributed by atoms with Crippen LogP contribution in [0.5, 0.6) is 5.88 Å². The van der Waals surface area contributed by atoms with Crippen molar-refractivity contribution >= 4 is 15.9 Å². The van der Waals surface area contributed by atoms with E-state index in [4.69, 9.17) is 4.74 Å². The maximum atomic E-state index is 11.8. The van der Waals surface area contributed by atoms with Crippen molar-refractivity contribution in [3.05, 3.63) is 23.9 Å². The van der Waals surface area contributed by atoms with Gasteiger partial charge in [0.05, 0.1) is 18.1 Å². The van der Waals surface area contributed by atoms with E-state index in [9.17, 15) is 13.2 Å². The Morgan fingerprint density at radius 3 is 2.95 bits per heavy atom. The predicted molar refractivity (Wildman–Crippen MR) is 82.4 cm³/mol. The molecule has 1 atom stereocenters. The minimum atomic E-state index is -2.91. The lowest BCUT2D eigenvalue weighted by Crippen LogP contribution is -2.38. The molecule has 2 amide bonds. The summed E-state index contributed by atoms with van der Waals surface area (Å²) in [6.45, 7) is 3.05. The molecular weight excluding hydrogens is 306 g/mol. The van der Waals surface area contributed by atoms with Gasteiger partial charge in [0.15, 0.2) is 9.84 Å². The maximum Gasteiger partial charge on any atom is 0.315 e. The second kappa shape index (κ2) is 7.44. The number of carbonyl (C=O) groups excluding carboxylic acids is 1. The number of hydrogen-bond donors (Lipinski definition) is 2. The monoisotopic (exact) mass is 327 g/mol. The molecule has 8 heteroatoms. The largest absolute Gasteiger partial charge is 0.478 e. The maximum absolute atomic E-state index is 11.8. The second-order valence-corrected chi connectivity index (χ2v) is 7.46. The van der Waals surface area contributed by atoms with Crippen LogP contribution in [0, 0.1) is 5.92 Å². The lowest BCUT2D eigenvalue weighted by atomic mass is 10.1. The summed E-state index contributed by atoms with van der Waals surface area (Å²) in [6, 6.07) is 3.29. The van der Waals surface area contributed by atoms with Crippen molar-refractivity contribution in [1.82, 2.24) is 15.6 Å². The zero-order valence-corrected chi connectivity index (χ0v) is 13.4. The van der Waals surface area contributed by atoms with Crippen LogP contribution < -0.4 is 15.4 Å². The number of sulfone groups is 1. The zero-order chi connectivity index (χ0) is 16.0. The van der Waals surface area contributed by atoms with E-state index in [1.54, 1.807) is 12.3 Å².